The Hall–Kier alpha value is -1.94. The molecule has 0 saturated carbocycles. The number of carbonyl (C=O) groups excluding carboxylic acids is 2. The van der Waals surface area contributed by atoms with Gasteiger partial charge in [-0.3, -0.25) is 9.59 Å². The average molecular weight is 285 g/mol. The normalized spacial score (nSPS) is 17.1. The monoisotopic (exact) mass is 285 g/mol. The molecule has 1 amide bonds. The molecule has 0 radical (unpaired) electrons. The number of Topliss-reactive ketones (excluding diaryl/α,β-unsaturated/α-hetero) is 1. The average Bonchev–Trinajstić information content (AvgIpc) is 3.01. The van der Waals surface area contributed by atoms with E-state index in [0.29, 0.717) is 9.75 Å². The summed E-state index contributed by atoms with van der Waals surface area (Å²) in [7, 11) is 0. The Balaban J connectivity index is 1.96. The third kappa shape index (κ3) is 2.06. The summed E-state index contributed by atoms with van der Waals surface area (Å²) in [5.74, 6) is -0.0103. The minimum Gasteiger partial charge on any atom is -0.304 e. The van der Waals surface area contributed by atoms with Gasteiger partial charge in [0, 0.05) is 11.7 Å². The first-order valence-electron chi connectivity index (χ1n) is 6.60. The summed E-state index contributed by atoms with van der Waals surface area (Å²) in [5.41, 5.74) is 2.19. The van der Waals surface area contributed by atoms with Crippen molar-refractivity contribution in [3.8, 4) is 0 Å². The highest BCUT2D eigenvalue weighted by atomic mass is 32.1. The Labute approximate surface area is 121 Å². The van der Waals surface area contributed by atoms with E-state index in [1.807, 2.05) is 23.1 Å². The van der Waals surface area contributed by atoms with Crippen molar-refractivity contribution < 1.29 is 9.59 Å². The van der Waals surface area contributed by atoms with Gasteiger partial charge in [0.25, 0.3) is 5.91 Å². The number of carbonyl (C=O) groups is 2. The third-order valence-corrected chi connectivity index (χ3v) is 4.76. The van der Waals surface area contributed by atoms with Gasteiger partial charge in [-0.1, -0.05) is 18.2 Å². The van der Waals surface area contributed by atoms with E-state index in [2.05, 4.69) is 13.0 Å². The van der Waals surface area contributed by atoms with Crippen LogP contribution in [0.1, 0.15) is 38.8 Å². The molecular formula is C16H15NO2S. The highest BCUT2D eigenvalue weighted by Crippen LogP contribution is 2.34. The summed E-state index contributed by atoms with van der Waals surface area (Å²) in [6.45, 7) is 3.57. The van der Waals surface area contributed by atoms with E-state index in [4.69, 9.17) is 0 Å². The highest BCUT2D eigenvalue weighted by molar-refractivity contribution is 7.16. The van der Waals surface area contributed by atoms with E-state index in [9.17, 15) is 9.59 Å². The molecule has 1 aromatic heterocycles. The van der Waals surface area contributed by atoms with Gasteiger partial charge in [-0.25, -0.2) is 0 Å². The van der Waals surface area contributed by atoms with E-state index in [-0.39, 0.29) is 17.7 Å². The minimum atomic E-state index is -0.0139. The molecule has 0 bridgehead atoms. The zero-order valence-electron chi connectivity index (χ0n) is 11.4. The zero-order chi connectivity index (χ0) is 14.3. The topological polar surface area (TPSA) is 37.4 Å². The SMILES string of the molecule is CC(=O)c1ccc(C(=O)N2c3ccccc3C[C@H]2C)s1. The number of rotatable bonds is 2. The number of anilines is 1. The molecule has 0 spiro atoms. The maximum Gasteiger partial charge on any atom is 0.268 e. The van der Waals surface area contributed by atoms with Crippen molar-refractivity contribution in [3.05, 3.63) is 51.7 Å². The molecule has 3 rings (SSSR count). The molecule has 2 heterocycles. The van der Waals surface area contributed by atoms with Crippen molar-refractivity contribution in [1.82, 2.24) is 0 Å². The fourth-order valence-corrected chi connectivity index (χ4v) is 3.47. The number of amides is 1. The Morgan fingerprint density at radius 1 is 1.15 bits per heavy atom. The second-order valence-electron chi connectivity index (χ2n) is 5.08. The van der Waals surface area contributed by atoms with Crippen LogP contribution in [0.3, 0.4) is 0 Å². The van der Waals surface area contributed by atoms with Crippen LogP contribution in [0.2, 0.25) is 0 Å². The molecule has 0 fully saturated rings. The van der Waals surface area contributed by atoms with Gasteiger partial charge < -0.3 is 4.90 Å². The summed E-state index contributed by atoms with van der Waals surface area (Å²) in [6, 6.07) is 11.6. The van der Waals surface area contributed by atoms with Crippen LogP contribution in [0.15, 0.2) is 36.4 Å². The zero-order valence-corrected chi connectivity index (χ0v) is 12.2. The van der Waals surface area contributed by atoms with Gasteiger partial charge in [-0.15, -0.1) is 11.3 Å². The lowest BCUT2D eigenvalue weighted by Crippen LogP contribution is -2.35. The van der Waals surface area contributed by atoms with Crippen molar-refractivity contribution in [2.75, 3.05) is 4.90 Å². The van der Waals surface area contributed by atoms with E-state index in [1.54, 1.807) is 12.1 Å². The molecule has 2 aromatic rings. The number of hydrogen-bond donors (Lipinski definition) is 0. The summed E-state index contributed by atoms with van der Waals surface area (Å²) < 4.78 is 0. The lowest BCUT2D eigenvalue weighted by atomic mass is 10.1. The summed E-state index contributed by atoms with van der Waals surface area (Å²) in [4.78, 5) is 27.1. The molecule has 20 heavy (non-hydrogen) atoms. The number of nitrogens with zero attached hydrogens (tertiary/aromatic N) is 1. The molecular weight excluding hydrogens is 270 g/mol. The Morgan fingerprint density at radius 3 is 2.55 bits per heavy atom. The van der Waals surface area contributed by atoms with Crippen LogP contribution in [0.4, 0.5) is 5.69 Å². The van der Waals surface area contributed by atoms with Gasteiger partial charge in [0.15, 0.2) is 5.78 Å². The third-order valence-electron chi connectivity index (χ3n) is 3.59. The van der Waals surface area contributed by atoms with Crippen LogP contribution in [0.5, 0.6) is 0 Å². The molecule has 1 aliphatic heterocycles. The van der Waals surface area contributed by atoms with Gasteiger partial charge in [0.2, 0.25) is 0 Å². The quantitative estimate of drug-likeness (QED) is 0.791. The van der Waals surface area contributed by atoms with E-state index in [1.165, 1.54) is 23.8 Å². The van der Waals surface area contributed by atoms with Crippen LogP contribution in [0, 0.1) is 0 Å². The van der Waals surface area contributed by atoms with Gasteiger partial charge in [0.1, 0.15) is 0 Å². The molecule has 1 aliphatic rings. The van der Waals surface area contributed by atoms with E-state index < -0.39 is 0 Å². The molecule has 0 saturated heterocycles. The van der Waals surface area contributed by atoms with Crippen molar-refractivity contribution >= 4 is 28.7 Å². The number of ketones is 1. The van der Waals surface area contributed by atoms with Crippen LogP contribution >= 0.6 is 11.3 Å². The maximum atomic E-state index is 12.7. The van der Waals surface area contributed by atoms with Crippen molar-refractivity contribution in [2.24, 2.45) is 0 Å². The Kier molecular flexibility index (Phi) is 3.18. The van der Waals surface area contributed by atoms with Crippen LogP contribution in [0.25, 0.3) is 0 Å². The first-order valence-corrected chi connectivity index (χ1v) is 7.42. The molecule has 1 atom stereocenters. The van der Waals surface area contributed by atoms with Gasteiger partial charge in [-0.2, -0.15) is 0 Å². The molecule has 4 heteroatoms. The van der Waals surface area contributed by atoms with Gasteiger partial charge in [0.05, 0.1) is 9.75 Å². The second kappa shape index (κ2) is 4.87. The molecule has 102 valence electrons. The van der Waals surface area contributed by atoms with Gasteiger partial charge in [-0.05, 0) is 44.0 Å². The van der Waals surface area contributed by atoms with Crippen LogP contribution in [-0.4, -0.2) is 17.7 Å². The predicted octanol–water partition coefficient (Wildman–Crippen LogP) is 3.54. The summed E-state index contributed by atoms with van der Waals surface area (Å²) in [6.07, 6.45) is 0.882. The number of benzene rings is 1. The molecule has 0 unspecified atom stereocenters. The smallest absolute Gasteiger partial charge is 0.268 e. The molecule has 1 aromatic carbocycles. The van der Waals surface area contributed by atoms with Crippen molar-refractivity contribution in [2.45, 2.75) is 26.3 Å². The first-order chi connectivity index (χ1) is 9.58. The first kappa shape index (κ1) is 13.1. The molecule has 0 aliphatic carbocycles. The Morgan fingerprint density at radius 2 is 1.85 bits per heavy atom. The van der Waals surface area contributed by atoms with Crippen molar-refractivity contribution in [3.63, 3.8) is 0 Å². The number of fused-ring (bicyclic) bond motifs is 1. The largest absolute Gasteiger partial charge is 0.304 e. The minimum absolute atomic E-state index is 0.00363. The standard InChI is InChI=1S/C16H15NO2S/c1-10-9-12-5-3-4-6-13(12)17(10)16(19)15-8-7-14(20-15)11(2)18/h3-8,10H,9H2,1-2H3/t10-/m1/s1. The number of para-hydroxylation sites is 1. The summed E-state index contributed by atoms with van der Waals surface area (Å²) in [5, 5.41) is 0. The lowest BCUT2D eigenvalue weighted by molar-refractivity contribution is 0.0984. The lowest BCUT2D eigenvalue weighted by Gasteiger charge is -2.21. The number of hydrogen-bond acceptors (Lipinski definition) is 3. The Bertz CT molecular complexity index is 689. The van der Waals surface area contributed by atoms with Crippen LogP contribution in [-0.2, 0) is 6.42 Å². The van der Waals surface area contributed by atoms with E-state index >= 15 is 0 Å². The highest BCUT2D eigenvalue weighted by Gasteiger charge is 2.31. The van der Waals surface area contributed by atoms with Crippen LogP contribution < -0.4 is 4.90 Å². The van der Waals surface area contributed by atoms with E-state index in [0.717, 1.165) is 12.1 Å². The number of thiophene rings is 1. The molecule has 3 nitrogen and oxygen atoms in total. The fourth-order valence-electron chi connectivity index (χ4n) is 2.64. The fraction of sp³-hybridized carbons (Fsp3) is 0.250. The van der Waals surface area contributed by atoms with Crippen molar-refractivity contribution in [1.29, 1.82) is 0 Å². The second-order valence-corrected chi connectivity index (χ2v) is 6.16. The van der Waals surface area contributed by atoms with Gasteiger partial charge >= 0.3 is 0 Å². The predicted molar refractivity (Wildman–Crippen MR) is 80.7 cm³/mol. The molecule has 0 N–H and O–H groups in total. The maximum absolute atomic E-state index is 12.7. The summed E-state index contributed by atoms with van der Waals surface area (Å²) >= 11 is 1.27.